The summed E-state index contributed by atoms with van der Waals surface area (Å²) in [6.45, 7) is -1.37. The Hall–Kier alpha value is -1.43. The molecule has 88 valence electrons. The van der Waals surface area contributed by atoms with Crippen molar-refractivity contribution in [1.82, 2.24) is 5.32 Å². The molecule has 2 N–H and O–H groups in total. The summed E-state index contributed by atoms with van der Waals surface area (Å²) in [4.78, 5) is 11.0. The van der Waals surface area contributed by atoms with Crippen LogP contribution in [0.5, 0.6) is 0 Å². The average Bonchev–Trinajstić information content (AvgIpc) is 2.18. The molecule has 16 heavy (non-hydrogen) atoms. The number of rotatable bonds is 2. The fraction of sp³-hybridized carbons (Fsp3) is 0.222. The molecule has 0 spiro atoms. The summed E-state index contributed by atoms with van der Waals surface area (Å²) in [7, 11) is 0. The van der Waals surface area contributed by atoms with Crippen LogP contribution < -0.4 is 10.6 Å². The summed E-state index contributed by atoms with van der Waals surface area (Å²) in [6, 6.07) is 5.08. The predicted molar refractivity (Wildman–Crippen MR) is 54.5 cm³/mol. The van der Waals surface area contributed by atoms with Crippen molar-refractivity contribution in [3.63, 3.8) is 0 Å². The Morgan fingerprint density at radius 1 is 1.25 bits per heavy atom. The van der Waals surface area contributed by atoms with Gasteiger partial charge in [-0.2, -0.15) is 13.2 Å². The molecule has 0 bridgehead atoms. The lowest BCUT2D eigenvalue weighted by Crippen LogP contribution is -2.36. The molecule has 0 aliphatic heterocycles. The Bertz CT molecular complexity index is 364. The van der Waals surface area contributed by atoms with Crippen LogP contribution in [0.4, 0.5) is 23.7 Å². The highest BCUT2D eigenvalue weighted by molar-refractivity contribution is 6.30. The summed E-state index contributed by atoms with van der Waals surface area (Å²) >= 11 is 5.59. The van der Waals surface area contributed by atoms with E-state index in [4.69, 9.17) is 11.6 Å². The zero-order valence-corrected chi connectivity index (χ0v) is 8.69. The molecule has 0 unspecified atom stereocenters. The van der Waals surface area contributed by atoms with E-state index in [1.807, 2.05) is 0 Å². The molecule has 1 aromatic carbocycles. The first-order valence-electron chi connectivity index (χ1n) is 4.24. The molecular formula is C9H8ClF3N2O. The normalized spacial score (nSPS) is 11.0. The van der Waals surface area contributed by atoms with Crippen molar-refractivity contribution in [3.8, 4) is 0 Å². The van der Waals surface area contributed by atoms with E-state index >= 15 is 0 Å². The summed E-state index contributed by atoms with van der Waals surface area (Å²) in [6.07, 6.45) is -4.42. The number of anilines is 1. The van der Waals surface area contributed by atoms with Gasteiger partial charge in [0.25, 0.3) is 0 Å². The van der Waals surface area contributed by atoms with Gasteiger partial charge in [0.2, 0.25) is 0 Å². The summed E-state index contributed by atoms with van der Waals surface area (Å²) in [5.74, 6) is 0. The standard InChI is InChI=1S/C9H8ClF3N2O/c10-6-1-3-7(4-2-6)15-8(16)14-5-9(11,12)13/h1-4H,5H2,(H2,14,15,16). The number of hydrogen-bond donors (Lipinski definition) is 2. The zero-order valence-electron chi connectivity index (χ0n) is 7.94. The van der Waals surface area contributed by atoms with Crippen LogP contribution in [-0.4, -0.2) is 18.8 Å². The van der Waals surface area contributed by atoms with Crippen LogP contribution in [0.15, 0.2) is 24.3 Å². The Labute approximate surface area is 94.6 Å². The minimum Gasteiger partial charge on any atom is -0.329 e. The SMILES string of the molecule is O=C(NCC(F)(F)F)Nc1ccc(Cl)cc1. The molecule has 1 rings (SSSR count). The van der Waals surface area contributed by atoms with Gasteiger partial charge in [0, 0.05) is 10.7 Å². The minimum absolute atomic E-state index is 0.365. The lowest BCUT2D eigenvalue weighted by molar-refractivity contribution is -0.122. The molecule has 0 atom stereocenters. The maximum absolute atomic E-state index is 11.7. The van der Waals surface area contributed by atoms with Gasteiger partial charge in [0.05, 0.1) is 0 Å². The highest BCUT2D eigenvalue weighted by Gasteiger charge is 2.27. The maximum Gasteiger partial charge on any atom is 0.405 e. The Morgan fingerprint density at radius 3 is 2.31 bits per heavy atom. The molecule has 0 heterocycles. The third-order valence-corrected chi connectivity index (χ3v) is 1.80. The number of halogens is 4. The Kier molecular flexibility index (Phi) is 4.00. The van der Waals surface area contributed by atoms with E-state index in [0.717, 1.165) is 0 Å². The summed E-state index contributed by atoms with van der Waals surface area (Å²) in [5.41, 5.74) is 0.365. The van der Waals surface area contributed by atoms with E-state index in [9.17, 15) is 18.0 Å². The molecule has 0 fully saturated rings. The molecule has 0 aliphatic carbocycles. The van der Waals surface area contributed by atoms with E-state index in [0.29, 0.717) is 10.7 Å². The van der Waals surface area contributed by atoms with Crippen molar-refractivity contribution in [2.45, 2.75) is 6.18 Å². The highest BCUT2D eigenvalue weighted by Crippen LogP contribution is 2.14. The molecule has 1 aromatic rings. The van der Waals surface area contributed by atoms with Gasteiger partial charge in [0.1, 0.15) is 6.54 Å². The second kappa shape index (κ2) is 5.07. The largest absolute Gasteiger partial charge is 0.405 e. The number of carbonyl (C=O) groups excluding carboxylic acids is 1. The lowest BCUT2D eigenvalue weighted by Gasteiger charge is -2.09. The first-order chi connectivity index (χ1) is 7.37. The first kappa shape index (κ1) is 12.6. The fourth-order valence-electron chi connectivity index (χ4n) is 0.889. The number of benzene rings is 1. The number of alkyl halides is 3. The number of nitrogens with one attached hydrogen (secondary N) is 2. The van der Waals surface area contributed by atoms with Crippen molar-refractivity contribution in [3.05, 3.63) is 29.3 Å². The van der Waals surface area contributed by atoms with Crippen molar-refractivity contribution in [2.24, 2.45) is 0 Å². The predicted octanol–water partition coefficient (Wildman–Crippen LogP) is 3.02. The van der Waals surface area contributed by atoms with Crippen LogP contribution in [0.2, 0.25) is 5.02 Å². The molecule has 0 saturated carbocycles. The molecule has 2 amide bonds. The van der Waals surface area contributed by atoms with Gasteiger partial charge >= 0.3 is 12.2 Å². The zero-order chi connectivity index (χ0) is 12.2. The van der Waals surface area contributed by atoms with Gasteiger partial charge in [-0.1, -0.05) is 11.6 Å². The van der Waals surface area contributed by atoms with Crippen LogP contribution in [0, 0.1) is 0 Å². The third kappa shape index (κ3) is 4.88. The topological polar surface area (TPSA) is 41.1 Å². The number of carbonyl (C=O) groups is 1. The van der Waals surface area contributed by atoms with Crippen LogP contribution >= 0.6 is 11.6 Å². The van der Waals surface area contributed by atoms with Crippen LogP contribution in [0.25, 0.3) is 0 Å². The molecule has 0 saturated heterocycles. The van der Waals surface area contributed by atoms with E-state index in [2.05, 4.69) is 5.32 Å². The van der Waals surface area contributed by atoms with Crippen molar-refractivity contribution < 1.29 is 18.0 Å². The number of urea groups is 1. The third-order valence-electron chi connectivity index (χ3n) is 1.55. The van der Waals surface area contributed by atoms with Gasteiger partial charge in [-0.05, 0) is 24.3 Å². The Morgan fingerprint density at radius 2 is 1.81 bits per heavy atom. The van der Waals surface area contributed by atoms with E-state index in [1.54, 1.807) is 5.32 Å². The second-order valence-corrected chi connectivity index (χ2v) is 3.37. The molecule has 0 aliphatic rings. The van der Waals surface area contributed by atoms with Crippen LogP contribution in [0.3, 0.4) is 0 Å². The van der Waals surface area contributed by atoms with Crippen LogP contribution in [-0.2, 0) is 0 Å². The molecular weight excluding hydrogens is 245 g/mol. The van der Waals surface area contributed by atoms with E-state index in [1.165, 1.54) is 24.3 Å². The molecule has 7 heteroatoms. The summed E-state index contributed by atoms with van der Waals surface area (Å²) < 4.78 is 35.2. The van der Waals surface area contributed by atoms with Crippen LogP contribution in [0.1, 0.15) is 0 Å². The van der Waals surface area contributed by atoms with Crippen molar-refractivity contribution in [2.75, 3.05) is 11.9 Å². The first-order valence-corrected chi connectivity index (χ1v) is 4.62. The molecule has 3 nitrogen and oxygen atoms in total. The molecule has 0 radical (unpaired) electrons. The quantitative estimate of drug-likeness (QED) is 0.835. The number of hydrogen-bond acceptors (Lipinski definition) is 1. The molecule has 0 aromatic heterocycles. The monoisotopic (exact) mass is 252 g/mol. The number of amides is 2. The highest BCUT2D eigenvalue weighted by atomic mass is 35.5. The fourth-order valence-corrected chi connectivity index (χ4v) is 1.02. The van der Waals surface area contributed by atoms with Gasteiger partial charge in [-0.25, -0.2) is 4.79 Å². The van der Waals surface area contributed by atoms with Gasteiger partial charge in [-0.15, -0.1) is 0 Å². The lowest BCUT2D eigenvalue weighted by atomic mass is 10.3. The van der Waals surface area contributed by atoms with Crippen molar-refractivity contribution in [1.29, 1.82) is 0 Å². The van der Waals surface area contributed by atoms with E-state index in [-0.39, 0.29) is 0 Å². The second-order valence-electron chi connectivity index (χ2n) is 2.93. The van der Waals surface area contributed by atoms with Gasteiger partial charge in [-0.3, -0.25) is 0 Å². The Balaban J connectivity index is 2.43. The smallest absolute Gasteiger partial charge is 0.329 e. The summed E-state index contributed by atoms with van der Waals surface area (Å²) in [5, 5.41) is 4.38. The van der Waals surface area contributed by atoms with Crippen molar-refractivity contribution >= 4 is 23.3 Å². The minimum atomic E-state index is -4.42. The maximum atomic E-state index is 11.7. The van der Waals surface area contributed by atoms with Gasteiger partial charge < -0.3 is 10.6 Å². The van der Waals surface area contributed by atoms with Gasteiger partial charge in [0.15, 0.2) is 0 Å². The van der Waals surface area contributed by atoms with E-state index < -0.39 is 18.8 Å². The average molecular weight is 253 g/mol.